The molecule has 4 rings (SSSR count). The minimum Gasteiger partial charge on any atom is -0.505 e. The van der Waals surface area contributed by atoms with E-state index in [2.05, 4.69) is 29.6 Å². The van der Waals surface area contributed by atoms with Crippen molar-refractivity contribution < 1.29 is 14.6 Å². The zero-order valence-electron chi connectivity index (χ0n) is 15.3. The molecule has 0 aliphatic heterocycles. The van der Waals surface area contributed by atoms with Gasteiger partial charge < -0.3 is 9.84 Å². The summed E-state index contributed by atoms with van der Waals surface area (Å²) in [4.78, 5) is 12.3. The van der Waals surface area contributed by atoms with Gasteiger partial charge in [-0.3, -0.25) is 5.32 Å². The third kappa shape index (κ3) is 3.14. The number of carbonyl (C=O) groups excluding carboxylic acids is 1. The number of hydrogen-bond donors (Lipinski definition) is 2. The van der Waals surface area contributed by atoms with Crippen molar-refractivity contribution in [3.63, 3.8) is 0 Å². The lowest BCUT2D eigenvalue weighted by Gasteiger charge is -2.15. The molecule has 0 spiro atoms. The van der Waals surface area contributed by atoms with Crippen molar-refractivity contribution in [1.29, 1.82) is 0 Å². The van der Waals surface area contributed by atoms with Crippen LogP contribution in [0.15, 0.2) is 60.7 Å². The average Bonchev–Trinajstić information content (AvgIpc) is 2.98. The molecule has 4 nitrogen and oxygen atoms in total. The molecule has 27 heavy (non-hydrogen) atoms. The normalized spacial score (nSPS) is 12.4. The maximum atomic E-state index is 12.3. The highest BCUT2D eigenvalue weighted by Crippen LogP contribution is 2.44. The molecule has 0 heterocycles. The Bertz CT molecular complexity index is 980. The molecule has 0 bridgehead atoms. The fraction of sp³-hybridized carbons (Fsp3) is 0.174. The largest absolute Gasteiger partial charge is 0.505 e. The number of ether oxygens (including phenoxy) is 1. The standard InChI is InChI=1S/C23H21NO3/c1-14-11-15(2)22(25)21(12-14)24-23(26)27-13-20-18-9-5-3-7-16(18)17-8-4-6-10-19(17)20/h3-12,20,25H,13H2,1-2H3,(H,24,26). The monoisotopic (exact) mass is 359 g/mol. The molecule has 0 saturated heterocycles. The maximum Gasteiger partial charge on any atom is 0.411 e. The molecular formula is C23H21NO3. The first-order chi connectivity index (χ1) is 13.0. The lowest BCUT2D eigenvalue weighted by atomic mass is 9.98. The first kappa shape index (κ1) is 17.2. The molecule has 3 aromatic carbocycles. The van der Waals surface area contributed by atoms with E-state index in [0.717, 1.165) is 5.56 Å². The number of rotatable bonds is 3. The number of amides is 1. The Kier molecular flexibility index (Phi) is 4.32. The number of phenolic OH excluding ortho intramolecular Hbond substituents is 1. The van der Waals surface area contributed by atoms with Crippen LogP contribution in [0.1, 0.15) is 28.2 Å². The van der Waals surface area contributed by atoms with Crippen molar-refractivity contribution >= 4 is 11.8 Å². The van der Waals surface area contributed by atoms with Gasteiger partial charge in [-0.15, -0.1) is 0 Å². The van der Waals surface area contributed by atoms with Crippen LogP contribution in [0.5, 0.6) is 5.75 Å². The molecule has 0 radical (unpaired) electrons. The van der Waals surface area contributed by atoms with Gasteiger partial charge in [-0.25, -0.2) is 4.79 Å². The van der Waals surface area contributed by atoms with Crippen LogP contribution < -0.4 is 5.32 Å². The van der Waals surface area contributed by atoms with E-state index in [1.165, 1.54) is 22.3 Å². The number of benzene rings is 3. The second kappa shape index (κ2) is 6.80. The second-order valence-electron chi connectivity index (χ2n) is 6.93. The molecule has 0 fully saturated rings. The number of hydrogen-bond acceptors (Lipinski definition) is 3. The summed E-state index contributed by atoms with van der Waals surface area (Å²) in [5.74, 6) is 0.0742. The summed E-state index contributed by atoms with van der Waals surface area (Å²) in [6, 6.07) is 20.0. The minimum atomic E-state index is -0.572. The molecule has 1 aliphatic carbocycles. The number of aromatic hydroxyl groups is 1. The maximum absolute atomic E-state index is 12.3. The van der Waals surface area contributed by atoms with E-state index in [9.17, 15) is 9.90 Å². The molecule has 1 amide bonds. The van der Waals surface area contributed by atoms with Gasteiger partial charge in [0, 0.05) is 5.92 Å². The summed E-state index contributed by atoms with van der Waals surface area (Å²) < 4.78 is 5.52. The topological polar surface area (TPSA) is 58.6 Å². The summed E-state index contributed by atoms with van der Waals surface area (Å²) in [7, 11) is 0. The molecule has 0 atom stereocenters. The van der Waals surface area contributed by atoms with Gasteiger partial charge in [0.2, 0.25) is 0 Å². The van der Waals surface area contributed by atoms with Crippen LogP contribution in [0, 0.1) is 13.8 Å². The first-order valence-electron chi connectivity index (χ1n) is 8.97. The number of aryl methyl sites for hydroxylation is 2. The Morgan fingerprint density at radius 2 is 1.59 bits per heavy atom. The highest BCUT2D eigenvalue weighted by molar-refractivity contribution is 5.87. The van der Waals surface area contributed by atoms with Gasteiger partial charge in [0.05, 0.1) is 5.69 Å². The Morgan fingerprint density at radius 1 is 1.00 bits per heavy atom. The van der Waals surface area contributed by atoms with Crippen molar-refractivity contribution in [3.05, 3.63) is 82.9 Å². The molecule has 0 unspecified atom stereocenters. The van der Waals surface area contributed by atoms with E-state index in [0.29, 0.717) is 11.3 Å². The minimum absolute atomic E-state index is 0.0102. The van der Waals surface area contributed by atoms with E-state index in [4.69, 9.17) is 4.74 Å². The fourth-order valence-corrected chi connectivity index (χ4v) is 3.80. The SMILES string of the molecule is Cc1cc(C)c(O)c(NC(=O)OCC2c3ccccc3-c3ccccc32)c1. The smallest absolute Gasteiger partial charge is 0.411 e. The Morgan fingerprint density at radius 3 is 2.22 bits per heavy atom. The summed E-state index contributed by atoms with van der Waals surface area (Å²) in [5, 5.41) is 12.8. The van der Waals surface area contributed by atoms with Crippen molar-refractivity contribution in [2.45, 2.75) is 19.8 Å². The van der Waals surface area contributed by atoms with Crippen LogP contribution in [0.4, 0.5) is 10.5 Å². The van der Waals surface area contributed by atoms with Crippen molar-refractivity contribution in [2.75, 3.05) is 11.9 Å². The molecule has 0 aromatic heterocycles. The fourth-order valence-electron chi connectivity index (χ4n) is 3.80. The van der Waals surface area contributed by atoms with Crippen LogP contribution in [0.25, 0.3) is 11.1 Å². The van der Waals surface area contributed by atoms with Gasteiger partial charge in [-0.05, 0) is 53.3 Å². The van der Waals surface area contributed by atoms with E-state index < -0.39 is 6.09 Å². The van der Waals surface area contributed by atoms with Gasteiger partial charge in [-0.1, -0.05) is 54.6 Å². The van der Waals surface area contributed by atoms with Crippen LogP contribution in [-0.2, 0) is 4.74 Å². The predicted octanol–water partition coefficient (Wildman–Crippen LogP) is 5.37. The number of carbonyl (C=O) groups is 1. The van der Waals surface area contributed by atoms with Crippen molar-refractivity contribution in [1.82, 2.24) is 0 Å². The van der Waals surface area contributed by atoms with Crippen LogP contribution in [0.3, 0.4) is 0 Å². The van der Waals surface area contributed by atoms with E-state index >= 15 is 0 Å². The zero-order valence-corrected chi connectivity index (χ0v) is 15.3. The van der Waals surface area contributed by atoms with Crippen molar-refractivity contribution in [2.24, 2.45) is 0 Å². The lowest BCUT2D eigenvalue weighted by Crippen LogP contribution is -2.18. The van der Waals surface area contributed by atoms with Crippen LogP contribution in [-0.4, -0.2) is 17.8 Å². The highest BCUT2D eigenvalue weighted by Gasteiger charge is 2.29. The summed E-state index contributed by atoms with van der Waals surface area (Å²) in [6.45, 7) is 3.95. The van der Waals surface area contributed by atoms with Gasteiger partial charge in [0.25, 0.3) is 0 Å². The molecular weight excluding hydrogens is 338 g/mol. The van der Waals surface area contributed by atoms with Crippen LogP contribution >= 0.6 is 0 Å². The molecule has 0 saturated carbocycles. The van der Waals surface area contributed by atoms with Crippen molar-refractivity contribution in [3.8, 4) is 16.9 Å². The molecule has 1 aliphatic rings. The Labute approximate surface area is 158 Å². The average molecular weight is 359 g/mol. The summed E-state index contributed by atoms with van der Waals surface area (Å²) in [5.41, 5.74) is 6.75. The van der Waals surface area contributed by atoms with Crippen LogP contribution in [0.2, 0.25) is 0 Å². The number of phenols is 1. The quantitative estimate of drug-likeness (QED) is 0.618. The lowest BCUT2D eigenvalue weighted by molar-refractivity contribution is 0.158. The van der Waals surface area contributed by atoms with Gasteiger partial charge in [-0.2, -0.15) is 0 Å². The summed E-state index contributed by atoms with van der Waals surface area (Å²) in [6.07, 6.45) is -0.572. The molecule has 3 aromatic rings. The van der Waals surface area contributed by atoms with E-state index in [1.807, 2.05) is 37.3 Å². The van der Waals surface area contributed by atoms with E-state index in [-0.39, 0.29) is 18.3 Å². The summed E-state index contributed by atoms with van der Waals surface area (Å²) >= 11 is 0. The third-order valence-corrected chi connectivity index (χ3v) is 5.03. The van der Waals surface area contributed by atoms with E-state index in [1.54, 1.807) is 13.0 Å². The second-order valence-corrected chi connectivity index (χ2v) is 6.93. The number of nitrogens with one attached hydrogen (secondary N) is 1. The molecule has 2 N–H and O–H groups in total. The first-order valence-corrected chi connectivity index (χ1v) is 8.97. The van der Waals surface area contributed by atoms with Gasteiger partial charge >= 0.3 is 6.09 Å². The zero-order chi connectivity index (χ0) is 19.0. The third-order valence-electron chi connectivity index (χ3n) is 5.03. The molecule has 4 heteroatoms. The van der Waals surface area contributed by atoms with Gasteiger partial charge in [0.1, 0.15) is 12.4 Å². The number of anilines is 1. The Balaban J connectivity index is 1.52. The highest BCUT2D eigenvalue weighted by atomic mass is 16.5. The molecule has 136 valence electrons. The predicted molar refractivity (Wildman–Crippen MR) is 106 cm³/mol. The van der Waals surface area contributed by atoms with Gasteiger partial charge in [0.15, 0.2) is 0 Å². The number of fused-ring (bicyclic) bond motifs is 3. The Hall–Kier alpha value is -3.27.